The fraction of sp³-hybridized carbons (Fsp3) is 0.200. The second kappa shape index (κ2) is 7.66. The van der Waals surface area contributed by atoms with Gasteiger partial charge in [0.2, 0.25) is 0 Å². The summed E-state index contributed by atoms with van der Waals surface area (Å²) in [5, 5.41) is 6.56. The zero-order valence-corrected chi connectivity index (χ0v) is 14.6. The van der Waals surface area contributed by atoms with Crippen molar-refractivity contribution in [2.75, 3.05) is 22.9 Å². The minimum atomic E-state index is 0.522. The van der Waals surface area contributed by atoms with Crippen LogP contribution in [0.2, 0.25) is 0 Å². The quantitative estimate of drug-likeness (QED) is 0.634. The summed E-state index contributed by atoms with van der Waals surface area (Å²) in [5.74, 6) is 1.26. The SMILES string of the molecule is Cc1ccc(Nc2ncnc(NCCc3ccccc3)c2N)cc1C. The van der Waals surface area contributed by atoms with Gasteiger partial charge in [-0.05, 0) is 49.1 Å². The number of aromatic nitrogens is 2. The maximum Gasteiger partial charge on any atom is 0.159 e. The summed E-state index contributed by atoms with van der Waals surface area (Å²) in [5.41, 5.74) is 11.5. The van der Waals surface area contributed by atoms with Gasteiger partial charge in [-0.25, -0.2) is 9.97 Å². The molecule has 128 valence electrons. The number of anilines is 4. The molecular weight excluding hydrogens is 310 g/mol. The van der Waals surface area contributed by atoms with Gasteiger partial charge in [0.05, 0.1) is 0 Å². The van der Waals surface area contributed by atoms with E-state index >= 15 is 0 Å². The number of nitrogens with two attached hydrogens (primary N) is 1. The molecule has 0 aliphatic rings. The Morgan fingerprint density at radius 3 is 2.44 bits per heavy atom. The molecule has 1 aromatic heterocycles. The smallest absolute Gasteiger partial charge is 0.159 e. The van der Waals surface area contributed by atoms with Crippen LogP contribution in [0.25, 0.3) is 0 Å². The molecule has 0 saturated carbocycles. The van der Waals surface area contributed by atoms with Crippen LogP contribution in [0.3, 0.4) is 0 Å². The van der Waals surface area contributed by atoms with Gasteiger partial charge >= 0.3 is 0 Å². The van der Waals surface area contributed by atoms with Gasteiger partial charge in [-0.1, -0.05) is 36.4 Å². The number of nitrogens with one attached hydrogen (secondary N) is 2. The summed E-state index contributed by atoms with van der Waals surface area (Å²) in [6, 6.07) is 16.5. The van der Waals surface area contributed by atoms with Gasteiger partial charge in [-0.3, -0.25) is 0 Å². The van der Waals surface area contributed by atoms with Crippen molar-refractivity contribution < 1.29 is 0 Å². The standard InChI is InChI=1S/C20H23N5/c1-14-8-9-17(12-15(14)2)25-20-18(21)19(23-13-24-20)22-11-10-16-6-4-3-5-7-16/h3-9,12-13H,10-11,21H2,1-2H3,(H2,22,23,24,25). The van der Waals surface area contributed by atoms with Crippen molar-refractivity contribution in [2.45, 2.75) is 20.3 Å². The number of hydrogen-bond donors (Lipinski definition) is 3. The molecule has 3 aromatic rings. The predicted octanol–water partition coefficient (Wildman–Crippen LogP) is 4.07. The lowest BCUT2D eigenvalue weighted by molar-refractivity contribution is 1.00. The number of aryl methyl sites for hydroxylation is 2. The van der Waals surface area contributed by atoms with Crippen molar-refractivity contribution in [3.63, 3.8) is 0 Å². The third-order valence-corrected chi connectivity index (χ3v) is 4.20. The Labute approximate surface area is 148 Å². The van der Waals surface area contributed by atoms with Crippen molar-refractivity contribution in [2.24, 2.45) is 0 Å². The van der Waals surface area contributed by atoms with E-state index in [1.165, 1.54) is 23.0 Å². The summed E-state index contributed by atoms with van der Waals surface area (Å²) < 4.78 is 0. The first-order valence-electron chi connectivity index (χ1n) is 8.36. The fourth-order valence-corrected chi connectivity index (χ4v) is 2.56. The fourth-order valence-electron chi connectivity index (χ4n) is 2.56. The second-order valence-electron chi connectivity index (χ2n) is 6.07. The summed E-state index contributed by atoms with van der Waals surface area (Å²) >= 11 is 0. The molecule has 0 amide bonds. The molecule has 0 bridgehead atoms. The lowest BCUT2D eigenvalue weighted by Gasteiger charge is -2.13. The summed E-state index contributed by atoms with van der Waals surface area (Å²) in [4.78, 5) is 8.52. The van der Waals surface area contributed by atoms with Crippen molar-refractivity contribution >= 4 is 23.0 Å². The minimum absolute atomic E-state index is 0.522. The van der Waals surface area contributed by atoms with Gasteiger partial charge in [-0.2, -0.15) is 0 Å². The largest absolute Gasteiger partial charge is 0.393 e. The molecule has 5 heteroatoms. The van der Waals surface area contributed by atoms with E-state index in [-0.39, 0.29) is 0 Å². The molecule has 25 heavy (non-hydrogen) atoms. The average Bonchev–Trinajstić information content (AvgIpc) is 2.62. The third kappa shape index (κ3) is 4.26. The Bertz CT molecular complexity index is 846. The Kier molecular flexibility index (Phi) is 5.14. The van der Waals surface area contributed by atoms with Crippen LogP contribution in [0.15, 0.2) is 54.9 Å². The third-order valence-electron chi connectivity index (χ3n) is 4.20. The molecule has 5 nitrogen and oxygen atoms in total. The maximum absolute atomic E-state index is 6.23. The zero-order valence-electron chi connectivity index (χ0n) is 14.6. The highest BCUT2D eigenvalue weighted by Gasteiger charge is 2.08. The van der Waals surface area contributed by atoms with Gasteiger partial charge in [0.1, 0.15) is 12.0 Å². The van der Waals surface area contributed by atoms with Crippen molar-refractivity contribution in [3.8, 4) is 0 Å². The molecule has 4 N–H and O–H groups in total. The first-order valence-corrected chi connectivity index (χ1v) is 8.36. The van der Waals surface area contributed by atoms with E-state index in [0.29, 0.717) is 17.3 Å². The second-order valence-corrected chi connectivity index (χ2v) is 6.07. The van der Waals surface area contributed by atoms with Crippen LogP contribution in [0.4, 0.5) is 23.0 Å². The summed E-state index contributed by atoms with van der Waals surface area (Å²) in [6.07, 6.45) is 2.43. The van der Waals surface area contributed by atoms with Crippen LogP contribution in [0.5, 0.6) is 0 Å². The van der Waals surface area contributed by atoms with E-state index in [9.17, 15) is 0 Å². The molecule has 2 aromatic carbocycles. The monoisotopic (exact) mass is 333 g/mol. The number of benzene rings is 2. The van der Waals surface area contributed by atoms with E-state index in [1.54, 1.807) is 0 Å². The van der Waals surface area contributed by atoms with E-state index in [4.69, 9.17) is 5.73 Å². The molecule has 0 radical (unpaired) electrons. The van der Waals surface area contributed by atoms with Crippen LogP contribution in [0.1, 0.15) is 16.7 Å². The highest BCUT2D eigenvalue weighted by molar-refractivity contribution is 5.77. The Hall–Kier alpha value is -3.08. The van der Waals surface area contributed by atoms with Gasteiger partial charge < -0.3 is 16.4 Å². The molecule has 1 heterocycles. The van der Waals surface area contributed by atoms with Gasteiger partial charge in [-0.15, -0.1) is 0 Å². The molecule has 0 aliphatic carbocycles. The van der Waals surface area contributed by atoms with Crippen molar-refractivity contribution in [1.82, 2.24) is 9.97 Å². The van der Waals surface area contributed by atoms with Crippen LogP contribution in [-0.2, 0) is 6.42 Å². The first-order chi connectivity index (χ1) is 12.1. The summed E-state index contributed by atoms with van der Waals surface area (Å²) in [6.45, 7) is 4.93. The predicted molar refractivity (Wildman–Crippen MR) is 104 cm³/mol. The van der Waals surface area contributed by atoms with Crippen molar-refractivity contribution in [1.29, 1.82) is 0 Å². The number of hydrogen-bond acceptors (Lipinski definition) is 5. The number of rotatable bonds is 6. The Morgan fingerprint density at radius 1 is 0.920 bits per heavy atom. The highest BCUT2D eigenvalue weighted by Crippen LogP contribution is 2.26. The Balaban J connectivity index is 1.68. The molecule has 3 rings (SSSR count). The molecule has 0 atom stereocenters. The van der Waals surface area contributed by atoms with E-state index < -0.39 is 0 Å². The Morgan fingerprint density at radius 2 is 1.68 bits per heavy atom. The van der Waals surface area contributed by atoms with Gasteiger partial charge in [0.25, 0.3) is 0 Å². The normalized spacial score (nSPS) is 10.5. The van der Waals surface area contributed by atoms with E-state index in [1.807, 2.05) is 24.3 Å². The van der Waals surface area contributed by atoms with Gasteiger partial charge in [0, 0.05) is 12.2 Å². The van der Waals surface area contributed by atoms with Crippen molar-refractivity contribution in [3.05, 3.63) is 71.5 Å². The van der Waals surface area contributed by atoms with Crippen LogP contribution < -0.4 is 16.4 Å². The maximum atomic E-state index is 6.23. The molecule has 0 saturated heterocycles. The lowest BCUT2D eigenvalue weighted by Crippen LogP contribution is -2.10. The van der Waals surface area contributed by atoms with Crippen LogP contribution >= 0.6 is 0 Å². The van der Waals surface area contributed by atoms with E-state index in [2.05, 4.69) is 58.7 Å². The molecule has 0 unspecified atom stereocenters. The molecular formula is C20H23N5. The number of nitrogen functional groups attached to an aromatic ring is 1. The topological polar surface area (TPSA) is 75.9 Å². The lowest BCUT2D eigenvalue weighted by atomic mass is 10.1. The first kappa shape index (κ1) is 16.8. The minimum Gasteiger partial charge on any atom is -0.393 e. The van der Waals surface area contributed by atoms with Crippen LogP contribution in [-0.4, -0.2) is 16.5 Å². The highest BCUT2D eigenvalue weighted by atomic mass is 15.1. The number of nitrogens with zero attached hydrogens (tertiary/aromatic N) is 2. The average molecular weight is 333 g/mol. The van der Waals surface area contributed by atoms with E-state index in [0.717, 1.165) is 18.7 Å². The summed E-state index contributed by atoms with van der Waals surface area (Å²) in [7, 11) is 0. The van der Waals surface area contributed by atoms with Crippen LogP contribution in [0, 0.1) is 13.8 Å². The molecule has 0 aliphatic heterocycles. The van der Waals surface area contributed by atoms with Gasteiger partial charge in [0.15, 0.2) is 11.6 Å². The molecule has 0 spiro atoms. The zero-order chi connectivity index (χ0) is 17.6. The molecule has 0 fully saturated rings.